The van der Waals surface area contributed by atoms with E-state index >= 15 is 0 Å². The van der Waals surface area contributed by atoms with Crippen LogP contribution in [0.4, 0.5) is 5.69 Å². The summed E-state index contributed by atoms with van der Waals surface area (Å²) in [5.41, 5.74) is 1.62. The summed E-state index contributed by atoms with van der Waals surface area (Å²) in [7, 11) is 2.88. The van der Waals surface area contributed by atoms with E-state index in [2.05, 4.69) is 26.0 Å². The minimum absolute atomic E-state index is 0.236. The van der Waals surface area contributed by atoms with Gasteiger partial charge in [0.1, 0.15) is 11.4 Å². The highest BCUT2D eigenvalue weighted by Gasteiger charge is 2.23. The summed E-state index contributed by atoms with van der Waals surface area (Å²) in [5.74, 6) is -1.36. The summed E-state index contributed by atoms with van der Waals surface area (Å²) >= 11 is 1.02. The summed E-state index contributed by atoms with van der Waals surface area (Å²) in [6.45, 7) is 1.76. The number of benzene rings is 1. The maximum absolute atomic E-state index is 13.3. The van der Waals surface area contributed by atoms with E-state index in [1.54, 1.807) is 37.7 Å². The van der Waals surface area contributed by atoms with E-state index in [4.69, 9.17) is 0 Å². The summed E-state index contributed by atoms with van der Waals surface area (Å²) in [6.07, 6.45) is 5.08. The Bertz CT molecular complexity index is 1110. The van der Waals surface area contributed by atoms with Gasteiger partial charge in [-0.1, -0.05) is 18.2 Å². The molecule has 0 radical (unpaired) electrons. The molecule has 1 aromatic carbocycles. The third-order valence-electron chi connectivity index (χ3n) is 5.39. The van der Waals surface area contributed by atoms with Gasteiger partial charge in [0.15, 0.2) is 0 Å². The highest BCUT2D eigenvalue weighted by Crippen LogP contribution is 2.31. The van der Waals surface area contributed by atoms with Crippen LogP contribution in [0, 0.1) is 11.3 Å². The first-order chi connectivity index (χ1) is 16.4. The largest absolute Gasteiger partial charge is 0.468 e. The van der Waals surface area contributed by atoms with Crippen molar-refractivity contribution in [1.29, 1.82) is 5.26 Å². The van der Waals surface area contributed by atoms with Crippen LogP contribution in [0.15, 0.2) is 35.3 Å². The molecule has 1 aliphatic heterocycles. The number of esters is 1. The number of piperidine rings is 1. The molecule has 3 rings (SSSR count). The Morgan fingerprint density at radius 3 is 2.71 bits per heavy atom. The van der Waals surface area contributed by atoms with Crippen LogP contribution in [0.25, 0.3) is 0 Å². The lowest BCUT2D eigenvalue weighted by molar-refractivity contribution is -0.139. The first-order valence-electron chi connectivity index (χ1n) is 10.9. The molecule has 0 spiro atoms. The van der Waals surface area contributed by atoms with E-state index in [1.165, 1.54) is 18.4 Å². The van der Waals surface area contributed by atoms with Crippen molar-refractivity contribution in [3.8, 4) is 6.07 Å². The second-order valence-corrected chi connectivity index (χ2v) is 8.91. The number of carbonyl (C=O) groups excluding carboxylic acids is 3. The number of hydrogen-bond acceptors (Lipinski definition) is 7. The van der Waals surface area contributed by atoms with Crippen molar-refractivity contribution >= 4 is 41.1 Å². The Kier molecular flexibility index (Phi) is 8.76. The molecule has 1 aliphatic rings. The molecule has 10 heteroatoms. The highest BCUT2D eigenvalue weighted by atomic mass is 32.1. The van der Waals surface area contributed by atoms with Crippen LogP contribution >= 0.6 is 11.3 Å². The van der Waals surface area contributed by atoms with Crippen molar-refractivity contribution in [1.82, 2.24) is 15.1 Å². The third kappa shape index (κ3) is 6.42. The number of ether oxygens (including phenoxy) is 1. The van der Waals surface area contributed by atoms with Gasteiger partial charge in [-0.2, -0.15) is 5.26 Å². The zero-order chi connectivity index (χ0) is 24.5. The van der Waals surface area contributed by atoms with Crippen LogP contribution in [0.2, 0.25) is 0 Å². The van der Waals surface area contributed by atoms with E-state index in [1.807, 2.05) is 6.07 Å². The molecule has 34 heavy (non-hydrogen) atoms. The van der Waals surface area contributed by atoms with Crippen molar-refractivity contribution in [2.75, 3.05) is 33.8 Å². The van der Waals surface area contributed by atoms with E-state index in [-0.39, 0.29) is 23.9 Å². The maximum Gasteiger partial charge on any atom is 0.325 e. The molecule has 2 amide bonds. The highest BCUT2D eigenvalue weighted by molar-refractivity contribution is 7.16. The first-order valence-corrected chi connectivity index (χ1v) is 11.7. The lowest BCUT2D eigenvalue weighted by atomic mass is 10.1. The van der Waals surface area contributed by atoms with Crippen LogP contribution in [-0.4, -0.2) is 67.7 Å². The van der Waals surface area contributed by atoms with E-state index in [9.17, 15) is 19.6 Å². The molecule has 0 atom stereocenters. The van der Waals surface area contributed by atoms with E-state index < -0.39 is 11.9 Å². The molecule has 1 saturated heterocycles. The van der Waals surface area contributed by atoms with Gasteiger partial charge in [0.2, 0.25) is 0 Å². The molecule has 1 aromatic heterocycles. The molecule has 1 fully saturated rings. The fourth-order valence-electron chi connectivity index (χ4n) is 3.50. The van der Waals surface area contributed by atoms with E-state index in [0.717, 1.165) is 42.8 Å². The number of nitrogens with one attached hydrogen (secondary N) is 1. The Labute approximate surface area is 202 Å². The number of carbonyl (C=O) groups is 3. The SMILES string of the molecule is COC(=O)CNC(=O)c1cc(/N=C/N2CCCCC2)c(C(=O)N(C)Cc2ccccc2C#N)s1. The smallest absolute Gasteiger partial charge is 0.325 e. The van der Waals surface area contributed by atoms with Gasteiger partial charge in [-0.3, -0.25) is 14.4 Å². The zero-order valence-corrected chi connectivity index (χ0v) is 20.1. The molecule has 2 heterocycles. The molecular formula is C24H27N5O4S. The fraction of sp³-hybridized carbons (Fsp3) is 0.375. The lowest BCUT2D eigenvalue weighted by Gasteiger charge is -2.23. The molecule has 9 nitrogen and oxygen atoms in total. The molecule has 0 aliphatic carbocycles. The summed E-state index contributed by atoms with van der Waals surface area (Å²) < 4.78 is 4.55. The number of rotatable bonds is 8. The monoisotopic (exact) mass is 481 g/mol. The average molecular weight is 482 g/mol. The van der Waals surface area contributed by atoms with Crippen molar-refractivity contribution in [3.05, 3.63) is 51.2 Å². The second kappa shape index (κ2) is 12.0. The number of nitrogens with zero attached hydrogens (tertiary/aromatic N) is 4. The zero-order valence-electron chi connectivity index (χ0n) is 19.2. The molecule has 178 valence electrons. The Hall–Kier alpha value is -3.71. The van der Waals surface area contributed by atoms with Crippen LogP contribution < -0.4 is 5.32 Å². The molecular weight excluding hydrogens is 454 g/mol. The summed E-state index contributed by atoms with van der Waals surface area (Å²) in [4.78, 5) is 46.0. The van der Waals surface area contributed by atoms with Crippen LogP contribution in [0.5, 0.6) is 0 Å². The van der Waals surface area contributed by atoms with Crippen molar-refractivity contribution in [3.63, 3.8) is 0 Å². The lowest BCUT2D eigenvalue weighted by Crippen LogP contribution is -2.29. The number of aliphatic imine (C=N–C) groups is 1. The predicted molar refractivity (Wildman–Crippen MR) is 129 cm³/mol. The van der Waals surface area contributed by atoms with Gasteiger partial charge in [0, 0.05) is 26.7 Å². The summed E-state index contributed by atoms with van der Waals surface area (Å²) in [6, 6.07) is 10.8. The van der Waals surface area contributed by atoms with Gasteiger partial charge in [-0.25, -0.2) is 4.99 Å². The number of hydrogen-bond donors (Lipinski definition) is 1. The van der Waals surface area contributed by atoms with Gasteiger partial charge < -0.3 is 19.9 Å². The standard InChI is InChI=1S/C24H27N5O4S/c1-28(15-18-9-5-4-8-17(18)13-25)24(32)22-19(27-16-29-10-6-3-7-11-29)12-20(34-22)23(31)26-14-21(30)33-2/h4-5,8-9,12,16H,3,6-7,10-11,14-15H2,1-2H3,(H,26,31)/b27-16+. The van der Waals surface area contributed by atoms with Gasteiger partial charge in [0.25, 0.3) is 11.8 Å². The Balaban J connectivity index is 1.84. The van der Waals surface area contributed by atoms with Crippen LogP contribution in [0.1, 0.15) is 49.7 Å². The Morgan fingerprint density at radius 2 is 2.00 bits per heavy atom. The van der Waals surface area contributed by atoms with Gasteiger partial charge in [0.05, 0.1) is 35.6 Å². The minimum Gasteiger partial charge on any atom is -0.468 e. The van der Waals surface area contributed by atoms with Gasteiger partial charge in [-0.15, -0.1) is 11.3 Å². The number of thiophene rings is 1. The van der Waals surface area contributed by atoms with Gasteiger partial charge >= 0.3 is 5.97 Å². The first kappa shape index (κ1) is 24.9. The maximum atomic E-state index is 13.3. The van der Waals surface area contributed by atoms with E-state index in [0.29, 0.717) is 16.1 Å². The predicted octanol–water partition coefficient (Wildman–Crippen LogP) is 2.94. The van der Waals surface area contributed by atoms with Crippen molar-refractivity contribution in [2.24, 2.45) is 4.99 Å². The van der Waals surface area contributed by atoms with Crippen LogP contribution in [0.3, 0.4) is 0 Å². The molecule has 2 aromatic rings. The normalized spacial score (nSPS) is 13.4. The van der Waals surface area contributed by atoms with Gasteiger partial charge in [-0.05, 0) is 37.0 Å². The number of amides is 2. The number of nitriles is 1. The number of likely N-dealkylation sites (tertiary alicyclic amines) is 1. The van der Waals surface area contributed by atoms with Crippen molar-refractivity contribution in [2.45, 2.75) is 25.8 Å². The molecule has 0 bridgehead atoms. The minimum atomic E-state index is -0.569. The Morgan fingerprint density at radius 1 is 1.26 bits per heavy atom. The summed E-state index contributed by atoms with van der Waals surface area (Å²) in [5, 5.41) is 11.8. The second-order valence-electron chi connectivity index (χ2n) is 7.86. The van der Waals surface area contributed by atoms with Crippen LogP contribution in [-0.2, 0) is 16.1 Å². The fourth-order valence-corrected chi connectivity index (χ4v) is 4.51. The quantitative estimate of drug-likeness (QED) is 0.352. The number of methoxy groups -OCH3 is 1. The average Bonchev–Trinajstić information content (AvgIpc) is 3.30. The molecule has 1 N–H and O–H groups in total. The molecule has 0 saturated carbocycles. The molecule has 0 unspecified atom stereocenters. The third-order valence-corrected chi connectivity index (χ3v) is 6.51. The topological polar surface area (TPSA) is 115 Å². The van der Waals surface area contributed by atoms with Crippen molar-refractivity contribution < 1.29 is 19.1 Å².